The van der Waals surface area contributed by atoms with Crippen molar-refractivity contribution in [2.75, 3.05) is 7.05 Å². The summed E-state index contributed by atoms with van der Waals surface area (Å²) < 4.78 is 0. The molecule has 0 aliphatic rings. The minimum Gasteiger partial charge on any atom is -0.508 e. The number of benzene rings is 1. The summed E-state index contributed by atoms with van der Waals surface area (Å²) >= 11 is 0. The van der Waals surface area contributed by atoms with Crippen LogP contribution >= 0.6 is 0 Å². The Labute approximate surface area is 101 Å². The van der Waals surface area contributed by atoms with E-state index in [0.29, 0.717) is 5.92 Å². The topological polar surface area (TPSA) is 60.8 Å². The molecule has 1 aromatic rings. The van der Waals surface area contributed by atoms with Gasteiger partial charge in [-0.05, 0) is 31.0 Å². The Bertz CT molecular complexity index is 415. The molecule has 0 aromatic heterocycles. The molecule has 17 heavy (non-hydrogen) atoms. The molecule has 0 aliphatic heterocycles. The molecular weight excluding hydrogens is 218 g/mol. The summed E-state index contributed by atoms with van der Waals surface area (Å²) in [5.41, 5.74) is 0.125. The summed E-state index contributed by atoms with van der Waals surface area (Å²) in [6.07, 6.45) is 0. The minimum atomic E-state index is -0.292. The number of phenolic OH excluding ortho intramolecular Hbond substituents is 2. The van der Waals surface area contributed by atoms with Gasteiger partial charge < -0.3 is 15.1 Å². The molecule has 1 amide bonds. The van der Waals surface area contributed by atoms with Crippen molar-refractivity contribution in [2.45, 2.75) is 26.8 Å². The molecule has 1 unspecified atom stereocenters. The fourth-order valence-corrected chi connectivity index (χ4v) is 1.52. The highest BCUT2D eigenvalue weighted by atomic mass is 16.3. The Morgan fingerprint density at radius 3 is 2.35 bits per heavy atom. The maximum Gasteiger partial charge on any atom is 0.257 e. The van der Waals surface area contributed by atoms with Crippen LogP contribution < -0.4 is 0 Å². The van der Waals surface area contributed by atoms with Crippen LogP contribution in [0.3, 0.4) is 0 Å². The van der Waals surface area contributed by atoms with E-state index in [0.717, 1.165) is 0 Å². The van der Waals surface area contributed by atoms with Crippen molar-refractivity contribution >= 4 is 5.91 Å². The SMILES string of the molecule is CC(C)C(C)N(C)C(=O)c1cc(O)ccc1O. The van der Waals surface area contributed by atoms with Gasteiger partial charge in [0.05, 0.1) is 5.56 Å². The maximum atomic E-state index is 12.1. The van der Waals surface area contributed by atoms with Crippen LogP contribution in [0, 0.1) is 5.92 Å². The number of phenols is 2. The van der Waals surface area contributed by atoms with Gasteiger partial charge in [-0.15, -0.1) is 0 Å². The third-order valence-electron chi connectivity index (χ3n) is 3.11. The van der Waals surface area contributed by atoms with Crippen LogP contribution in [0.2, 0.25) is 0 Å². The number of aromatic hydroxyl groups is 2. The third kappa shape index (κ3) is 2.90. The van der Waals surface area contributed by atoms with E-state index < -0.39 is 0 Å². The van der Waals surface area contributed by atoms with Gasteiger partial charge in [0, 0.05) is 13.1 Å². The molecule has 94 valence electrons. The maximum absolute atomic E-state index is 12.1. The Morgan fingerprint density at radius 2 is 1.82 bits per heavy atom. The van der Waals surface area contributed by atoms with Gasteiger partial charge in [-0.2, -0.15) is 0 Å². The molecule has 0 bridgehead atoms. The van der Waals surface area contributed by atoms with E-state index in [1.807, 2.05) is 20.8 Å². The average Bonchev–Trinajstić information content (AvgIpc) is 2.29. The minimum absolute atomic E-state index is 0.0308. The highest BCUT2D eigenvalue weighted by Crippen LogP contribution is 2.24. The zero-order chi connectivity index (χ0) is 13.2. The number of hydrogen-bond donors (Lipinski definition) is 2. The second-order valence-electron chi connectivity index (χ2n) is 4.60. The Hall–Kier alpha value is -1.71. The lowest BCUT2D eigenvalue weighted by Gasteiger charge is -2.28. The van der Waals surface area contributed by atoms with Gasteiger partial charge in [0.2, 0.25) is 0 Å². The molecule has 0 radical (unpaired) electrons. The monoisotopic (exact) mass is 237 g/mol. The largest absolute Gasteiger partial charge is 0.508 e. The predicted octanol–water partition coefficient (Wildman–Crippen LogP) is 2.21. The molecule has 4 nitrogen and oxygen atoms in total. The standard InChI is InChI=1S/C13H19NO3/c1-8(2)9(3)14(4)13(17)11-7-10(15)5-6-12(11)16/h5-9,15-16H,1-4H3. The summed E-state index contributed by atoms with van der Waals surface area (Å²) in [4.78, 5) is 13.7. The first-order chi connectivity index (χ1) is 7.84. The lowest BCUT2D eigenvalue weighted by Crippen LogP contribution is -2.38. The van der Waals surface area contributed by atoms with E-state index in [2.05, 4.69) is 0 Å². The first kappa shape index (κ1) is 13.4. The summed E-state index contributed by atoms with van der Waals surface area (Å²) in [5, 5.41) is 19.0. The molecule has 2 N–H and O–H groups in total. The van der Waals surface area contributed by atoms with Gasteiger partial charge in [0.1, 0.15) is 11.5 Å². The second kappa shape index (κ2) is 5.08. The van der Waals surface area contributed by atoms with Crippen LogP contribution in [-0.2, 0) is 0 Å². The van der Waals surface area contributed by atoms with Gasteiger partial charge in [0.25, 0.3) is 5.91 Å². The molecule has 0 aliphatic carbocycles. The number of carbonyl (C=O) groups is 1. The van der Waals surface area contributed by atoms with Crippen molar-refractivity contribution < 1.29 is 15.0 Å². The zero-order valence-electron chi connectivity index (χ0n) is 10.6. The number of hydrogen-bond acceptors (Lipinski definition) is 3. The first-order valence-corrected chi connectivity index (χ1v) is 5.63. The van der Waals surface area contributed by atoms with Gasteiger partial charge in [-0.25, -0.2) is 0 Å². The van der Waals surface area contributed by atoms with E-state index >= 15 is 0 Å². The van der Waals surface area contributed by atoms with E-state index in [1.165, 1.54) is 18.2 Å². The Balaban J connectivity index is 3.00. The molecule has 0 spiro atoms. The fourth-order valence-electron chi connectivity index (χ4n) is 1.52. The van der Waals surface area contributed by atoms with Crippen molar-refractivity contribution in [3.05, 3.63) is 23.8 Å². The van der Waals surface area contributed by atoms with Gasteiger partial charge in [0.15, 0.2) is 0 Å². The zero-order valence-corrected chi connectivity index (χ0v) is 10.6. The van der Waals surface area contributed by atoms with Crippen molar-refractivity contribution in [1.29, 1.82) is 0 Å². The molecule has 1 aromatic carbocycles. The summed E-state index contributed by atoms with van der Waals surface area (Å²) in [5.74, 6) is -0.115. The second-order valence-corrected chi connectivity index (χ2v) is 4.60. The fraction of sp³-hybridized carbons (Fsp3) is 0.462. The molecule has 4 heteroatoms. The Morgan fingerprint density at radius 1 is 1.24 bits per heavy atom. The van der Waals surface area contributed by atoms with Crippen LogP contribution in [0.15, 0.2) is 18.2 Å². The lowest BCUT2D eigenvalue weighted by atomic mass is 10.0. The van der Waals surface area contributed by atoms with Crippen LogP contribution in [0.4, 0.5) is 0 Å². The van der Waals surface area contributed by atoms with Crippen LogP contribution in [0.25, 0.3) is 0 Å². The third-order valence-corrected chi connectivity index (χ3v) is 3.11. The van der Waals surface area contributed by atoms with Crippen LogP contribution in [-0.4, -0.2) is 34.1 Å². The van der Waals surface area contributed by atoms with Crippen molar-refractivity contribution in [3.63, 3.8) is 0 Å². The molecule has 1 rings (SSSR count). The molecule has 0 fully saturated rings. The number of amides is 1. The van der Waals surface area contributed by atoms with Crippen molar-refractivity contribution in [3.8, 4) is 11.5 Å². The quantitative estimate of drug-likeness (QED) is 0.792. The van der Waals surface area contributed by atoms with Crippen LogP contribution in [0.5, 0.6) is 11.5 Å². The highest BCUT2D eigenvalue weighted by Gasteiger charge is 2.22. The van der Waals surface area contributed by atoms with Gasteiger partial charge in [-0.3, -0.25) is 4.79 Å². The predicted molar refractivity (Wildman–Crippen MR) is 66.2 cm³/mol. The summed E-state index contributed by atoms with van der Waals surface area (Å²) in [7, 11) is 1.69. The number of carbonyl (C=O) groups excluding carboxylic acids is 1. The average molecular weight is 237 g/mol. The van der Waals surface area contributed by atoms with E-state index in [9.17, 15) is 15.0 Å². The number of nitrogens with zero attached hydrogens (tertiary/aromatic N) is 1. The molecule has 0 saturated carbocycles. The molecule has 1 atom stereocenters. The van der Waals surface area contributed by atoms with Crippen molar-refractivity contribution in [1.82, 2.24) is 4.90 Å². The van der Waals surface area contributed by atoms with Gasteiger partial charge in [-0.1, -0.05) is 13.8 Å². The first-order valence-electron chi connectivity index (χ1n) is 5.63. The highest BCUT2D eigenvalue weighted by molar-refractivity contribution is 5.97. The molecule has 0 heterocycles. The van der Waals surface area contributed by atoms with Crippen LogP contribution in [0.1, 0.15) is 31.1 Å². The van der Waals surface area contributed by atoms with E-state index in [-0.39, 0.29) is 29.0 Å². The van der Waals surface area contributed by atoms with Crippen molar-refractivity contribution in [2.24, 2.45) is 5.92 Å². The lowest BCUT2D eigenvalue weighted by molar-refractivity contribution is 0.0703. The normalized spacial score (nSPS) is 12.5. The van der Waals surface area contributed by atoms with E-state index in [4.69, 9.17) is 0 Å². The van der Waals surface area contributed by atoms with Gasteiger partial charge >= 0.3 is 0 Å². The summed E-state index contributed by atoms with van der Waals surface area (Å²) in [6.45, 7) is 6.00. The smallest absolute Gasteiger partial charge is 0.257 e. The Kier molecular flexibility index (Phi) is 3.99. The number of rotatable bonds is 3. The molecule has 0 saturated heterocycles. The van der Waals surface area contributed by atoms with E-state index in [1.54, 1.807) is 11.9 Å². The summed E-state index contributed by atoms with van der Waals surface area (Å²) in [6, 6.07) is 4.00. The molecular formula is C13H19NO3.